The van der Waals surface area contributed by atoms with Gasteiger partial charge in [0.2, 0.25) is 6.79 Å². The lowest BCUT2D eigenvalue weighted by Crippen LogP contribution is -2.29. The molecule has 7 nitrogen and oxygen atoms in total. The summed E-state index contributed by atoms with van der Waals surface area (Å²) < 4.78 is 16.0. The van der Waals surface area contributed by atoms with Gasteiger partial charge in [-0.05, 0) is 35.4 Å². The van der Waals surface area contributed by atoms with E-state index in [4.69, 9.17) is 14.2 Å². The van der Waals surface area contributed by atoms with Gasteiger partial charge in [0, 0.05) is 18.5 Å². The van der Waals surface area contributed by atoms with Crippen molar-refractivity contribution in [2.75, 3.05) is 27.0 Å². The first-order chi connectivity index (χ1) is 13.6. The van der Waals surface area contributed by atoms with Gasteiger partial charge in [-0.3, -0.25) is 9.69 Å². The summed E-state index contributed by atoms with van der Waals surface area (Å²) in [5.41, 5.74) is 1.72. The predicted octanol–water partition coefficient (Wildman–Crippen LogP) is 2.79. The maximum absolute atomic E-state index is 12.3. The molecule has 2 aliphatic heterocycles. The number of nitrogens with zero attached hydrogens (tertiary/aromatic N) is 2. The molecule has 2 heterocycles. The van der Waals surface area contributed by atoms with Crippen LogP contribution in [0, 0.1) is 17.2 Å². The summed E-state index contributed by atoms with van der Waals surface area (Å²) in [6, 6.07) is 14.7. The summed E-state index contributed by atoms with van der Waals surface area (Å²) >= 11 is 0. The van der Waals surface area contributed by atoms with E-state index < -0.39 is 17.9 Å². The smallest absolute Gasteiger partial charge is 0.309 e. The van der Waals surface area contributed by atoms with Crippen molar-refractivity contribution in [1.82, 2.24) is 4.90 Å². The number of fused-ring (bicyclic) bond motifs is 1. The zero-order chi connectivity index (χ0) is 19.7. The highest BCUT2D eigenvalue weighted by Gasteiger charge is 2.47. The van der Waals surface area contributed by atoms with E-state index in [9.17, 15) is 15.2 Å². The van der Waals surface area contributed by atoms with Crippen molar-refractivity contribution in [3.63, 3.8) is 0 Å². The second-order valence-electron chi connectivity index (χ2n) is 6.89. The Morgan fingerprint density at radius 3 is 2.61 bits per heavy atom. The van der Waals surface area contributed by atoms with E-state index in [0.29, 0.717) is 23.8 Å². The normalized spacial score (nSPS) is 23.4. The van der Waals surface area contributed by atoms with Crippen LogP contribution in [0.5, 0.6) is 17.2 Å². The van der Waals surface area contributed by atoms with Crippen molar-refractivity contribution >= 4 is 5.97 Å². The fourth-order valence-corrected chi connectivity index (χ4v) is 4.16. The lowest BCUT2D eigenvalue weighted by Gasteiger charge is -2.25. The molecule has 3 unspecified atom stereocenters. The molecule has 1 fully saturated rings. The van der Waals surface area contributed by atoms with Crippen molar-refractivity contribution < 1.29 is 24.1 Å². The molecular formula is C21H20N2O5. The van der Waals surface area contributed by atoms with Gasteiger partial charge in [0.1, 0.15) is 5.75 Å². The minimum atomic E-state index is -0.885. The molecule has 2 aromatic carbocycles. The molecule has 0 aromatic heterocycles. The summed E-state index contributed by atoms with van der Waals surface area (Å²) in [7, 11) is 1.59. The van der Waals surface area contributed by atoms with Gasteiger partial charge in [-0.2, -0.15) is 5.26 Å². The number of nitriles is 1. The Balaban J connectivity index is 1.73. The van der Waals surface area contributed by atoms with Crippen molar-refractivity contribution in [2.45, 2.75) is 12.0 Å². The van der Waals surface area contributed by atoms with Crippen LogP contribution in [0.2, 0.25) is 0 Å². The van der Waals surface area contributed by atoms with Crippen LogP contribution in [-0.4, -0.2) is 43.0 Å². The van der Waals surface area contributed by atoms with Gasteiger partial charge in [0.15, 0.2) is 11.5 Å². The number of hydrogen-bond acceptors (Lipinski definition) is 6. The molecule has 144 valence electrons. The Labute approximate surface area is 162 Å². The number of carbonyl (C=O) groups is 1. The van der Waals surface area contributed by atoms with Crippen LogP contribution in [0.3, 0.4) is 0 Å². The molecule has 3 atom stereocenters. The van der Waals surface area contributed by atoms with E-state index in [0.717, 1.165) is 11.1 Å². The molecule has 7 heteroatoms. The summed E-state index contributed by atoms with van der Waals surface area (Å²) in [5, 5.41) is 19.4. The second kappa shape index (κ2) is 7.41. The lowest BCUT2D eigenvalue weighted by molar-refractivity contribution is -0.143. The number of hydrogen-bond donors (Lipinski definition) is 1. The van der Waals surface area contributed by atoms with Crippen molar-refractivity contribution in [2.24, 2.45) is 5.92 Å². The van der Waals surface area contributed by atoms with Crippen LogP contribution in [-0.2, 0) is 4.79 Å². The molecule has 2 aliphatic rings. The zero-order valence-electron chi connectivity index (χ0n) is 15.4. The Morgan fingerprint density at radius 2 is 1.93 bits per heavy atom. The first-order valence-electron chi connectivity index (χ1n) is 8.99. The molecule has 1 saturated heterocycles. The van der Waals surface area contributed by atoms with Crippen LogP contribution in [0.25, 0.3) is 0 Å². The molecule has 2 aromatic rings. The molecular weight excluding hydrogens is 360 g/mol. The van der Waals surface area contributed by atoms with E-state index >= 15 is 0 Å². The van der Waals surface area contributed by atoms with Crippen LogP contribution >= 0.6 is 0 Å². The average molecular weight is 380 g/mol. The highest BCUT2D eigenvalue weighted by atomic mass is 16.7. The van der Waals surface area contributed by atoms with Crippen molar-refractivity contribution in [3.05, 3.63) is 53.6 Å². The van der Waals surface area contributed by atoms with Crippen LogP contribution in [0.4, 0.5) is 0 Å². The summed E-state index contributed by atoms with van der Waals surface area (Å²) in [4.78, 5) is 14.2. The third-order valence-corrected chi connectivity index (χ3v) is 5.44. The number of benzene rings is 2. The number of carboxylic acid groups (broad SMARTS) is 1. The summed E-state index contributed by atoms with van der Waals surface area (Å²) in [6.07, 6.45) is 0. The molecule has 0 amide bonds. The maximum Gasteiger partial charge on any atom is 0.309 e. The molecule has 0 spiro atoms. The Morgan fingerprint density at radius 1 is 1.21 bits per heavy atom. The van der Waals surface area contributed by atoms with Gasteiger partial charge < -0.3 is 19.3 Å². The van der Waals surface area contributed by atoms with E-state index in [2.05, 4.69) is 6.07 Å². The van der Waals surface area contributed by atoms with Crippen LogP contribution in [0.1, 0.15) is 23.1 Å². The third-order valence-electron chi connectivity index (χ3n) is 5.44. The van der Waals surface area contributed by atoms with E-state index in [1.165, 1.54) is 0 Å². The molecule has 4 rings (SSSR count). The van der Waals surface area contributed by atoms with Gasteiger partial charge in [-0.1, -0.05) is 18.2 Å². The SMILES string of the molecule is COc1ccc(C2C(C(=O)O)C(c3ccc4c(c3)OCO4)CN2CC#N)cc1. The van der Waals surface area contributed by atoms with Crippen LogP contribution in [0.15, 0.2) is 42.5 Å². The highest BCUT2D eigenvalue weighted by molar-refractivity contribution is 5.74. The first kappa shape index (κ1) is 18.1. The number of aliphatic carboxylic acids is 1. The summed E-state index contributed by atoms with van der Waals surface area (Å²) in [6.45, 7) is 0.795. The average Bonchev–Trinajstić information content (AvgIpc) is 3.32. The predicted molar refractivity (Wildman–Crippen MR) is 99.4 cm³/mol. The Hall–Kier alpha value is -3.24. The minimum absolute atomic E-state index is 0.154. The number of rotatable bonds is 5. The van der Waals surface area contributed by atoms with Crippen molar-refractivity contribution in [3.8, 4) is 23.3 Å². The molecule has 28 heavy (non-hydrogen) atoms. The Bertz CT molecular complexity index is 921. The number of methoxy groups -OCH3 is 1. The quantitative estimate of drug-likeness (QED) is 0.798. The highest BCUT2D eigenvalue weighted by Crippen LogP contribution is 2.47. The first-order valence-corrected chi connectivity index (χ1v) is 8.99. The monoisotopic (exact) mass is 380 g/mol. The lowest BCUT2D eigenvalue weighted by atomic mass is 9.83. The molecule has 1 N–H and O–H groups in total. The van der Waals surface area contributed by atoms with E-state index in [-0.39, 0.29) is 19.3 Å². The van der Waals surface area contributed by atoms with Gasteiger partial charge in [0.05, 0.1) is 25.6 Å². The molecule has 0 radical (unpaired) electrons. The third kappa shape index (κ3) is 3.12. The topological polar surface area (TPSA) is 92.0 Å². The van der Waals surface area contributed by atoms with Gasteiger partial charge in [-0.25, -0.2) is 0 Å². The van der Waals surface area contributed by atoms with E-state index in [1.807, 2.05) is 47.4 Å². The maximum atomic E-state index is 12.3. The number of carboxylic acids is 1. The fraction of sp³-hybridized carbons (Fsp3) is 0.333. The minimum Gasteiger partial charge on any atom is -0.497 e. The zero-order valence-corrected chi connectivity index (χ0v) is 15.4. The largest absolute Gasteiger partial charge is 0.497 e. The fourth-order valence-electron chi connectivity index (χ4n) is 4.16. The van der Waals surface area contributed by atoms with Crippen molar-refractivity contribution in [1.29, 1.82) is 5.26 Å². The molecule has 0 saturated carbocycles. The number of ether oxygens (including phenoxy) is 3. The van der Waals surface area contributed by atoms with Gasteiger partial charge in [0.25, 0.3) is 0 Å². The second-order valence-corrected chi connectivity index (χ2v) is 6.89. The summed E-state index contributed by atoms with van der Waals surface area (Å²) in [5.74, 6) is 0.141. The van der Waals surface area contributed by atoms with Gasteiger partial charge in [-0.15, -0.1) is 0 Å². The van der Waals surface area contributed by atoms with Crippen LogP contribution < -0.4 is 14.2 Å². The molecule has 0 bridgehead atoms. The van der Waals surface area contributed by atoms with E-state index in [1.54, 1.807) is 7.11 Å². The standard InChI is InChI=1S/C21H20N2O5/c1-26-15-5-2-13(3-6-15)20-19(21(24)25)16(11-23(20)9-8-22)14-4-7-17-18(10-14)28-12-27-17/h2-7,10,16,19-20H,9,11-12H2,1H3,(H,24,25). The van der Waals surface area contributed by atoms with Gasteiger partial charge >= 0.3 is 5.97 Å². The molecule has 0 aliphatic carbocycles. The number of likely N-dealkylation sites (tertiary alicyclic amines) is 1. The Kier molecular flexibility index (Phi) is 4.80.